The zero-order valence-electron chi connectivity index (χ0n) is 16.6. The number of methoxy groups -OCH3 is 1. The summed E-state index contributed by atoms with van der Waals surface area (Å²) < 4.78 is 5.12. The number of carbonyl (C=O) groups excluding carboxylic acids is 2. The van der Waals surface area contributed by atoms with Gasteiger partial charge in [0.15, 0.2) is 0 Å². The Morgan fingerprint density at radius 2 is 1.54 bits per heavy atom. The Kier molecular flexibility index (Phi) is 5.87. The van der Waals surface area contributed by atoms with Gasteiger partial charge in [0.05, 0.1) is 7.11 Å². The maximum atomic E-state index is 13.0. The lowest BCUT2D eigenvalue weighted by molar-refractivity contribution is -0.146. The van der Waals surface area contributed by atoms with Gasteiger partial charge in [-0.3, -0.25) is 9.59 Å². The summed E-state index contributed by atoms with van der Waals surface area (Å²) in [5.74, 6) is 0.254. The number of rotatable bonds is 5. The molecule has 2 aromatic carbocycles. The fourth-order valence-corrected chi connectivity index (χ4v) is 3.26. The number of anilines is 2. The molecule has 0 spiro atoms. The predicted molar refractivity (Wildman–Crippen MR) is 111 cm³/mol. The molecule has 0 saturated carbocycles. The summed E-state index contributed by atoms with van der Waals surface area (Å²) in [6.45, 7) is 6.08. The summed E-state index contributed by atoms with van der Waals surface area (Å²) in [5.41, 5.74) is 0.654. The van der Waals surface area contributed by atoms with Crippen LogP contribution in [0.4, 0.5) is 11.4 Å². The van der Waals surface area contributed by atoms with E-state index in [1.54, 1.807) is 50.1 Å². The molecule has 1 saturated heterocycles. The third-order valence-corrected chi connectivity index (χ3v) is 5.14. The standard InChI is InChI=1S/C22H27N3O3/c1-22(2,20(26)23-17-9-11-19(28-3)12-10-17)21(27)25-15-13-24(14-16-25)18-7-5-4-6-8-18/h4-12H,13-16H2,1-3H3,(H,23,26). The van der Waals surface area contributed by atoms with E-state index in [1.165, 1.54) is 0 Å². The zero-order valence-corrected chi connectivity index (χ0v) is 16.6. The summed E-state index contributed by atoms with van der Waals surface area (Å²) in [6.07, 6.45) is 0. The lowest BCUT2D eigenvalue weighted by Crippen LogP contribution is -2.54. The van der Waals surface area contributed by atoms with E-state index in [0.29, 0.717) is 24.5 Å². The van der Waals surface area contributed by atoms with E-state index in [0.717, 1.165) is 18.8 Å². The van der Waals surface area contributed by atoms with Gasteiger partial charge in [0, 0.05) is 37.6 Å². The van der Waals surface area contributed by atoms with Gasteiger partial charge in [-0.2, -0.15) is 0 Å². The van der Waals surface area contributed by atoms with Crippen molar-refractivity contribution < 1.29 is 14.3 Å². The highest BCUT2D eigenvalue weighted by molar-refractivity contribution is 6.09. The Morgan fingerprint density at radius 1 is 0.929 bits per heavy atom. The summed E-state index contributed by atoms with van der Waals surface area (Å²) >= 11 is 0. The van der Waals surface area contributed by atoms with E-state index in [9.17, 15) is 9.59 Å². The SMILES string of the molecule is COc1ccc(NC(=O)C(C)(C)C(=O)N2CCN(c3ccccc3)CC2)cc1. The second kappa shape index (κ2) is 8.33. The van der Waals surface area contributed by atoms with Gasteiger partial charge in [-0.05, 0) is 50.2 Å². The van der Waals surface area contributed by atoms with Gasteiger partial charge in [0.2, 0.25) is 11.8 Å². The second-order valence-electron chi connectivity index (χ2n) is 7.42. The van der Waals surface area contributed by atoms with E-state index < -0.39 is 5.41 Å². The van der Waals surface area contributed by atoms with Crippen LogP contribution in [0.2, 0.25) is 0 Å². The molecule has 2 amide bonds. The molecule has 148 valence electrons. The summed E-state index contributed by atoms with van der Waals surface area (Å²) in [4.78, 5) is 29.8. The molecule has 1 N–H and O–H groups in total. The first-order valence-corrected chi connectivity index (χ1v) is 9.46. The van der Waals surface area contributed by atoms with Crippen LogP contribution in [-0.2, 0) is 9.59 Å². The van der Waals surface area contributed by atoms with Crippen LogP contribution in [0.25, 0.3) is 0 Å². The van der Waals surface area contributed by atoms with Crippen LogP contribution >= 0.6 is 0 Å². The predicted octanol–water partition coefficient (Wildman–Crippen LogP) is 3.01. The molecule has 2 aromatic rings. The third-order valence-electron chi connectivity index (χ3n) is 5.14. The molecule has 0 atom stereocenters. The molecule has 0 unspecified atom stereocenters. The van der Waals surface area contributed by atoms with Crippen molar-refractivity contribution in [3.8, 4) is 5.75 Å². The smallest absolute Gasteiger partial charge is 0.239 e. The van der Waals surface area contributed by atoms with Crippen molar-refractivity contribution in [3.63, 3.8) is 0 Å². The van der Waals surface area contributed by atoms with Crippen LogP contribution < -0.4 is 15.0 Å². The van der Waals surface area contributed by atoms with Crippen LogP contribution in [-0.4, -0.2) is 50.0 Å². The minimum atomic E-state index is -1.14. The second-order valence-corrected chi connectivity index (χ2v) is 7.42. The molecule has 1 aliphatic heterocycles. The minimum absolute atomic E-state index is 0.147. The zero-order chi connectivity index (χ0) is 20.1. The molecule has 0 radical (unpaired) electrons. The van der Waals surface area contributed by atoms with E-state index in [-0.39, 0.29) is 11.8 Å². The topological polar surface area (TPSA) is 61.9 Å². The average Bonchev–Trinajstić information content (AvgIpc) is 2.74. The Morgan fingerprint density at radius 3 is 2.11 bits per heavy atom. The molecule has 1 fully saturated rings. The molecular formula is C22H27N3O3. The van der Waals surface area contributed by atoms with Gasteiger partial charge < -0.3 is 19.9 Å². The molecule has 6 heteroatoms. The molecule has 0 aromatic heterocycles. The van der Waals surface area contributed by atoms with Gasteiger partial charge in [-0.1, -0.05) is 18.2 Å². The number of carbonyl (C=O) groups is 2. The highest BCUT2D eigenvalue weighted by atomic mass is 16.5. The molecule has 3 rings (SSSR count). The Hall–Kier alpha value is -3.02. The van der Waals surface area contributed by atoms with Crippen LogP contribution in [0.15, 0.2) is 54.6 Å². The number of nitrogens with zero attached hydrogens (tertiary/aromatic N) is 2. The minimum Gasteiger partial charge on any atom is -0.497 e. The lowest BCUT2D eigenvalue weighted by Gasteiger charge is -2.39. The Bertz CT molecular complexity index is 811. The van der Waals surface area contributed by atoms with Crippen LogP contribution in [0.3, 0.4) is 0 Å². The fourth-order valence-electron chi connectivity index (χ4n) is 3.26. The lowest BCUT2D eigenvalue weighted by atomic mass is 9.89. The molecule has 1 aliphatic rings. The van der Waals surface area contributed by atoms with Gasteiger partial charge in [-0.25, -0.2) is 0 Å². The highest BCUT2D eigenvalue weighted by Gasteiger charge is 2.40. The number of para-hydroxylation sites is 1. The van der Waals surface area contributed by atoms with Gasteiger partial charge in [0.1, 0.15) is 11.2 Å². The number of benzene rings is 2. The van der Waals surface area contributed by atoms with Crippen molar-refractivity contribution in [1.82, 2.24) is 4.90 Å². The molecule has 0 aliphatic carbocycles. The van der Waals surface area contributed by atoms with Crippen molar-refractivity contribution in [2.24, 2.45) is 5.41 Å². The monoisotopic (exact) mass is 381 g/mol. The molecular weight excluding hydrogens is 354 g/mol. The highest BCUT2D eigenvalue weighted by Crippen LogP contribution is 2.25. The van der Waals surface area contributed by atoms with Gasteiger partial charge >= 0.3 is 0 Å². The van der Waals surface area contributed by atoms with Gasteiger partial charge in [0.25, 0.3) is 0 Å². The average molecular weight is 381 g/mol. The van der Waals surface area contributed by atoms with Crippen LogP contribution in [0.1, 0.15) is 13.8 Å². The van der Waals surface area contributed by atoms with E-state index >= 15 is 0 Å². The quantitative estimate of drug-likeness (QED) is 0.809. The number of piperazine rings is 1. The summed E-state index contributed by atoms with van der Waals surface area (Å²) in [6, 6.07) is 17.2. The molecule has 1 heterocycles. The van der Waals surface area contributed by atoms with E-state index in [1.807, 2.05) is 18.2 Å². The van der Waals surface area contributed by atoms with Crippen LogP contribution in [0, 0.1) is 5.41 Å². The Balaban J connectivity index is 1.59. The number of nitrogens with one attached hydrogen (secondary N) is 1. The maximum Gasteiger partial charge on any atom is 0.239 e. The molecule has 0 bridgehead atoms. The number of hydrogen-bond donors (Lipinski definition) is 1. The Labute approximate surface area is 166 Å². The molecule has 28 heavy (non-hydrogen) atoms. The van der Waals surface area contributed by atoms with Crippen molar-refractivity contribution in [1.29, 1.82) is 0 Å². The molecule has 6 nitrogen and oxygen atoms in total. The van der Waals surface area contributed by atoms with Crippen molar-refractivity contribution >= 4 is 23.2 Å². The largest absolute Gasteiger partial charge is 0.497 e. The first kappa shape index (κ1) is 19.7. The summed E-state index contributed by atoms with van der Waals surface area (Å²) in [5, 5.41) is 2.84. The normalized spacial score (nSPS) is 14.5. The van der Waals surface area contributed by atoms with Crippen molar-refractivity contribution in [2.75, 3.05) is 43.5 Å². The van der Waals surface area contributed by atoms with Crippen molar-refractivity contribution in [3.05, 3.63) is 54.6 Å². The number of hydrogen-bond acceptors (Lipinski definition) is 4. The van der Waals surface area contributed by atoms with Crippen LogP contribution in [0.5, 0.6) is 5.75 Å². The van der Waals surface area contributed by atoms with Crippen molar-refractivity contribution in [2.45, 2.75) is 13.8 Å². The fraction of sp³-hybridized carbons (Fsp3) is 0.364. The van der Waals surface area contributed by atoms with E-state index in [2.05, 4.69) is 22.3 Å². The number of ether oxygens (including phenoxy) is 1. The first-order chi connectivity index (χ1) is 13.4. The maximum absolute atomic E-state index is 13.0. The van der Waals surface area contributed by atoms with Gasteiger partial charge in [-0.15, -0.1) is 0 Å². The van der Waals surface area contributed by atoms with E-state index in [4.69, 9.17) is 4.74 Å². The first-order valence-electron chi connectivity index (χ1n) is 9.46. The number of amides is 2. The summed E-state index contributed by atoms with van der Waals surface area (Å²) in [7, 11) is 1.59. The third kappa shape index (κ3) is 4.27.